The number of rotatable bonds is 9. The number of carbonyl (C=O) groups excluding carboxylic acids is 2. The lowest BCUT2D eigenvalue weighted by Gasteiger charge is -2.31. The molecule has 17 heteroatoms. The summed E-state index contributed by atoms with van der Waals surface area (Å²) in [4.78, 5) is 26.0. The first-order valence-corrected chi connectivity index (χ1v) is 12.3. The number of hydrogen-bond donors (Lipinski definition) is 2. The predicted molar refractivity (Wildman–Crippen MR) is 138 cm³/mol. The van der Waals surface area contributed by atoms with E-state index in [1.807, 2.05) is 5.32 Å². The first-order chi connectivity index (χ1) is 20.0. The number of hydrogen-bond acceptors (Lipinski definition) is 5. The van der Waals surface area contributed by atoms with Crippen LogP contribution in [0, 0.1) is 0 Å². The summed E-state index contributed by atoms with van der Waals surface area (Å²) in [7, 11) is 2.43. The maximum atomic E-state index is 14.7. The van der Waals surface area contributed by atoms with Crippen LogP contribution in [0.2, 0.25) is 0 Å². The van der Waals surface area contributed by atoms with Gasteiger partial charge in [0.05, 0.1) is 36.7 Å². The normalized spacial score (nSPS) is 12.1. The van der Waals surface area contributed by atoms with Crippen molar-refractivity contribution in [2.75, 3.05) is 24.9 Å². The Labute approximate surface area is 245 Å². The lowest BCUT2D eigenvalue weighted by molar-refractivity contribution is -0.348. The Balaban J connectivity index is 2.05. The second-order valence-corrected chi connectivity index (χ2v) is 9.21. The van der Waals surface area contributed by atoms with E-state index in [2.05, 4.69) is 26.0 Å². The van der Waals surface area contributed by atoms with Gasteiger partial charge in [0, 0.05) is 10.0 Å². The van der Waals surface area contributed by atoms with E-state index in [1.54, 1.807) is 12.1 Å². The Hall–Kier alpha value is -4.15. The van der Waals surface area contributed by atoms with E-state index in [4.69, 9.17) is 9.47 Å². The fourth-order valence-corrected chi connectivity index (χ4v) is 4.36. The largest absolute Gasteiger partial charge is 0.496 e. The third-order valence-electron chi connectivity index (χ3n) is 5.75. The third-order valence-corrected chi connectivity index (χ3v) is 6.38. The van der Waals surface area contributed by atoms with E-state index in [0.29, 0.717) is 0 Å². The Morgan fingerprint density at radius 3 is 1.91 bits per heavy atom. The number of methoxy groups -OCH3 is 2. The zero-order valence-electron chi connectivity index (χ0n) is 21.6. The topological polar surface area (TPSA) is 85.9 Å². The van der Waals surface area contributed by atoms with Crippen molar-refractivity contribution < 1.29 is 63.3 Å². The van der Waals surface area contributed by atoms with Gasteiger partial charge in [-0.25, -0.2) is 4.39 Å². The number of anilines is 2. The molecule has 0 aliphatic heterocycles. The van der Waals surface area contributed by atoms with Crippen LogP contribution < -0.4 is 24.8 Å². The zero-order chi connectivity index (χ0) is 32.3. The molecule has 0 fully saturated rings. The fourth-order valence-electron chi connectivity index (χ4n) is 3.82. The molecule has 7 nitrogen and oxygen atoms in total. The molecule has 3 aromatic rings. The van der Waals surface area contributed by atoms with E-state index in [9.17, 15) is 49.1 Å². The van der Waals surface area contributed by atoms with Crippen molar-refractivity contribution in [3.05, 3.63) is 75.8 Å². The molecule has 232 valence electrons. The number of benzene rings is 3. The molecule has 0 spiro atoms. The highest BCUT2D eigenvalue weighted by atomic mass is 79.9. The molecule has 43 heavy (non-hydrogen) atoms. The fraction of sp³-hybridized carbons (Fsp3) is 0.231. The second-order valence-electron chi connectivity index (χ2n) is 8.36. The number of carbonyl (C=O) groups is 2. The summed E-state index contributed by atoms with van der Waals surface area (Å²) in [6.45, 7) is -3.81. The van der Waals surface area contributed by atoms with Crippen LogP contribution >= 0.6 is 15.9 Å². The highest BCUT2D eigenvalue weighted by Gasteiger charge is 2.73. The van der Waals surface area contributed by atoms with Gasteiger partial charge in [0.1, 0.15) is 5.75 Å². The number of halogens is 10. The van der Waals surface area contributed by atoms with Gasteiger partial charge in [-0.3, -0.25) is 9.59 Å². The van der Waals surface area contributed by atoms with Crippen LogP contribution in [0.5, 0.6) is 17.2 Å². The van der Waals surface area contributed by atoms with E-state index in [0.717, 1.165) is 13.2 Å². The molecule has 0 saturated heterocycles. The minimum atomic E-state index is -6.56. The van der Waals surface area contributed by atoms with Crippen molar-refractivity contribution >= 4 is 39.1 Å². The quantitative estimate of drug-likeness (QED) is 0.224. The molecular weight excluding hydrogens is 671 g/mol. The van der Waals surface area contributed by atoms with Crippen molar-refractivity contribution in [3.63, 3.8) is 0 Å². The van der Waals surface area contributed by atoms with E-state index in [1.165, 1.54) is 31.4 Å². The molecule has 0 radical (unpaired) electrons. The minimum Gasteiger partial charge on any atom is -0.496 e. The summed E-state index contributed by atoms with van der Waals surface area (Å²) in [5.41, 5.74) is -9.34. The van der Waals surface area contributed by atoms with Gasteiger partial charge in [-0.05, 0) is 52.3 Å². The lowest BCUT2D eigenvalue weighted by atomic mass is 9.93. The number of ether oxygens (including phenoxy) is 3. The molecule has 3 rings (SSSR count). The molecule has 0 bridgehead atoms. The second kappa shape index (κ2) is 12.6. The van der Waals surface area contributed by atoms with Crippen LogP contribution in [0.1, 0.15) is 26.3 Å². The number of nitrogens with one attached hydrogen (secondary N) is 2. The first kappa shape index (κ1) is 33.4. The average Bonchev–Trinajstić information content (AvgIpc) is 2.92. The molecule has 0 atom stereocenters. The SMILES string of the molecule is COc1ccccc1C(=O)Nc1cccc(C(=O)Nc2c(Br)cc(C(F)(C(F)(F)F)C(F)(F)F)cc2OC(F)F)c1OC. The average molecular weight is 689 g/mol. The van der Waals surface area contributed by atoms with E-state index < -0.39 is 57.9 Å². The third kappa shape index (κ3) is 6.76. The summed E-state index contributed by atoms with van der Waals surface area (Å²) < 4.78 is 134. The Kier molecular flexibility index (Phi) is 9.78. The van der Waals surface area contributed by atoms with Crippen LogP contribution in [0.4, 0.5) is 50.9 Å². The van der Waals surface area contributed by atoms with Gasteiger partial charge in [0.15, 0.2) is 11.5 Å². The Morgan fingerprint density at radius 2 is 1.35 bits per heavy atom. The molecule has 0 aliphatic rings. The molecule has 0 heterocycles. The maximum absolute atomic E-state index is 14.7. The van der Waals surface area contributed by atoms with Crippen LogP contribution in [0.25, 0.3) is 0 Å². The first-order valence-electron chi connectivity index (χ1n) is 11.5. The number of para-hydroxylation sites is 2. The molecule has 2 amide bonds. The van der Waals surface area contributed by atoms with Crippen molar-refractivity contribution in [2.45, 2.75) is 24.6 Å². The zero-order valence-corrected chi connectivity index (χ0v) is 23.2. The van der Waals surface area contributed by atoms with Gasteiger partial charge < -0.3 is 24.8 Å². The van der Waals surface area contributed by atoms with Gasteiger partial charge in [-0.15, -0.1) is 0 Å². The van der Waals surface area contributed by atoms with Crippen LogP contribution in [-0.2, 0) is 5.67 Å². The van der Waals surface area contributed by atoms with E-state index in [-0.39, 0.29) is 40.4 Å². The molecule has 0 unspecified atom stereocenters. The summed E-state index contributed by atoms with van der Waals surface area (Å²) in [5, 5.41) is 4.52. The Bertz CT molecular complexity index is 1500. The summed E-state index contributed by atoms with van der Waals surface area (Å²) >= 11 is 2.60. The van der Waals surface area contributed by atoms with Gasteiger partial charge in [0.2, 0.25) is 0 Å². The van der Waals surface area contributed by atoms with Crippen LogP contribution in [-0.4, -0.2) is 45.0 Å². The molecule has 0 aliphatic carbocycles. The highest BCUT2D eigenvalue weighted by molar-refractivity contribution is 9.10. The van der Waals surface area contributed by atoms with Crippen molar-refractivity contribution in [1.29, 1.82) is 0 Å². The summed E-state index contributed by atoms with van der Waals surface area (Å²) in [5.74, 6) is -3.38. The molecule has 2 N–H and O–H groups in total. The number of amides is 2. The van der Waals surface area contributed by atoms with Gasteiger partial charge in [-0.2, -0.15) is 35.1 Å². The van der Waals surface area contributed by atoms with Crippen LogP contribution in [0.15, 0.2) is 59.1 Å². The smallest absolute Gasteiger partial charge is 0.435 e. The highest BCUT2D eigenvalue weighted by Crippen LogP contribution is 2.55. The summed E-state index contributed by atoms with van der Waals surface area (Å²) in [6, 6.07) is 9.60. The molecule has 0 aromatic heterocycles. The van der Waals surface area contributed by atoms with Gasteiger partial charge in [-0.1, -0.05) is 18.2 Å². The predicted octanol–water partition coefficient (Wildman–Crippen LogP) is 7.86. The minimum absolute atomic E-state index is 0.00997. The van der Waals surface area contributed by atoms with Crippen molar-refractivity contribution in [3.8, 4) is 17.2 Å². The standard InChI is InChI=1S/C26H18BrF9N2O5/c1-41-17-9-4-3-6-13(17)21(39)37-16-8-5-7-14(20(16)42-2)22(40)38-19-15(27)10-12(11-18(19)43-23(28)29)24(30,25(31,32)33)26(34,35)36/h3-11,23H,1-2H3,(H,37,39)(H,38,40). The van der Waals surface area contributed by atoms with Crippen LogP contribution in [0.3, 0.4) is 0 Å². The summed E-state index contributed by atoms with van der Waals surface area (Å²) in [6.07, 6.45) is -13.1. The van der Waals surface area contributed by atoms with E-state index >= 15 is 0 Å². The number of alkyl halides is 9. The molecule has 0 saturated carbocycles. The van der Waals surface area contributed by atoms with Crippen molar-refractivity contribution in [1.82, 2.24) is 0 Å². The monoisotopic (exact) mass is 688 g/mol. The van der Waals surface area contributed by atoms with Gasteiger partial charge >= 0.3 is 24.6 Å². The van der Waals surface area contributed by atoms with Gasteiger partial charge in [0.25, 0.3) is 11.8 Å². The Morgan fingerprint density at radius 1 is 0.767 bits per heavy atom. The lowest BCUT2D eigenvalue weighted by Crippen LogP contribution is -2.50. The maximum Gasteiger partial charge on any atom is 0.435 e. The van der Waals surface area contributed by atoms with Crippen molar-refractivity contribution in [2.24, 2.45) is 0 Å². The molecular formula is C26H18BrF9N2O5. The molecule has 3 aromatic carbocycles.